The second-order valence-electron chi connectivity index (χ2n) is 4.07. The predicted octanol–water partition coefficient (Wildman–Crippen LogP) is 2.95. The molecule has 3 heteroatoms. The number of rotatable bonds is 3. The van der Waals surface area contributed by atoms with Crippen molar-refractivity contribution in [1.29, 1.82) is 0 Å². The number of nitrogens with zero attached hydrogens (tertiary/aromatic N) is 1. The van der Waals surface area contributed by atoms with Crippen LogP contribution in [0.4, 0.5) is 8.78 Å². The van der Waals surface area contributed by atoms with E-state index < -0.39 is 11.6 Å². The maximum Gasteiger partial charge on any atom is 0.159 e. The van der Waals surface area contributed by atoms with Crippen molar-refractivity contribution in [1.82, 2.24) is 4.90 Å². The third kappa shape index (κ3) is 2.17. The van der Waals surface area contributed by atoms with Gasteiger partial charge in [0.25, 0.3) is 0 Å². The molecule has 0 amide bonds. The van der Waals surface area contributed by atoms with Crippen LogP contribution in [0, 0.1) is 11.6 Å². The Bertz CT molecular complexity index is 349. The van der Waals surface area contributed by atoms with Crippen LogP contribution in [0.3, 0.4) is 0 Å². The number of likely N-dealkylation sites (tertiary alicyclic amines) is 1. The van der Waals surface area contributed by atoms with Crippen LogP contribution >= 0.6 is 0 Å². The molecule has 82 valence electrons. The van der Waals surface area contributed by atoms with E-state index in [0.29, 0.717) is 6.04 Å². The average molecular weight is 211 g/mol. The lowest BCUT2D eigenvalue weighted by Crippen LogP contribution is -2.46. The largest absolute Gasteiger partial charge is 0.296 e. The molecule has 0 aliphatic carbocycles. The molecule has 1 atom stereocenters. The van der Waals surface area contributed by atoms with E-state index in [9.17, 15) is 8.78 Å². The Morgan fingerprint density at radius 3 is 2.67 bits per heavy atom. The molecular formula is C12H15F2N. The molecule has 1 aliphatic rings. The summed E-state index contributed by atoms with van der Waals surface area (Å²) < 4.78 is 25.6. The lowest BCUT2D eigenvalue weighted by atomic mass is 9.99. The minimum absolute atomic E-state index is 0.623. The van der Waals surface area contributed by atoms with E-state index in [2.05, 4.69) is 11.8 Å². The molecule has 1 aromatic rings. The van der Waals surface area contributed by atoms with Crippen molar-refractivity contribution in [2.24, 2.45) is 0 Å². The normalized spacial score (nSPS) is 21.4. The predicted molar refractivity (Wildman–Crippen MR) is 55.5 cm³/mol. The Balaban J connectivity index is 2.02. The molecule has 1 heterocycles. The zero-order valence-electron chi connectivity index (χ0n) is 8.84. The van der Waals surface area contributed by atoms with E-state index >= 15 is 0 Å². The maximum atomic E-state index is 12.9. The van der Waals surface area contributed by atoms with Gasteiger partial charge in [-0.05, 0) is 30.5 Å². The molecule has 2 rings (SSSR count). The first-order chi connectivity index (χ1) is 7.20. The van der Waals surface area contributed by atoms with Crippen molar-refractivity contribution < 1.29 is 8.78 Å². The topological polar surface area (TPSA) is 3.24 Å². The quantitative estimate of drug-likeness (QED) is 0.743. The van der Waals surface area contributed by atoms with E-state index in [-0.39, 0.29) is 0 Å². The van der Waals surface area contributed by atoms with Crippen LogP contribution in [0.5, 0.6) is 0 Å². The molecule has 1 unspecified atom stereocenters. The van der Waals surface area contributed by atoms with Gasteiger partial charge in [-0.3, -0.25) is 4.90 Å². The van der Waals surface area contributed by atoms with Crippen molar-refractivity contribution in [3.8, 4) is 0 Å². The molecule has 1 aromatic carbocycles. The van der Waals surface area contributed by atoms with E-state index in [4.69, 9.17) is 0 Å². The fraction of sp³-hybridized carbons (Fsp3) is 0.500. The summed E-state index contributed by atoms with van der Waals surface area (Å²) >= 11 is 0. The van der Waals surface area contributed by atoms with Gasteiger partial charge in [0, 0.05) is 19.1 Å². The molecule has 0 radical (unpaired) electrons. The summed E-state index contributed by atoms with van der Waals surface area (Å²) in [5.41, 5.74) is 0.854. The molecule has 0 saturated carbocycles. The highest BCUT2D eigenvalue weighted by atomic mass is 19.2. The van der Waals surface area contributed by atoms with Crippen molar-refractivity contribution in [2.45, 2.75) is 32.4 Å². The Labute approximate surface area is 88.7 Å². The van der Waals surface area contributed by atoms with Crippen LogP contribution in [-0.4, -0.2) is 17.5 Å². The maximum absolute atomic E-state index is 12.9. The van der Waals surface area contributed by atoms with Gasteiger partial charge in [-0.2, -0.15) is 0 Å². The van der Waals surface area contributed by atoms with Crippen LogP contribution < -0.4 is 0 Å². The van der Waals surface area contributed by atoms with E-state index in [0.717, 1.165) is 25.1 Å². The van der Waals surface area contributed by atoms with Gasteiger partial charge in [0.05, 0.1) is 0 Å². The summed E-state index contributed by atoms with van der Waals surface area (Å²) in [5, 5.41) is 0. The van der Waals surface area contributed by atoms with Crippen LogP contribution in [0.15, 0.2) is 18.2 Å². The van der Waals surface area contributed by atoms with Crippen molar-refractivity contribution in [3.05, 3.63) is 35.4 Å². The number of hydrogen-bond acceptors (Lipinski definition) is 1. The van der Waals surface area contributed by atoms with Crippen molar-refractivity contribution >= 4 is 0 Å². The van der Waals surface area contributed by atoms with Gasteiger partial charge in [0.2, 0.25) is 0 Å². The Morgan fingerprint density at radius 2 is 2.13 bits per heavy atom. The fourth-order valence-corrected chi connectivity index (χ4v) is 2.04. The first-order valence-electron chi connectivity index (χ1n) is 5.38. The van der Waals surface area contributed by atoms with Gasteiger partial charge in [-0.25, -0.2) is 8.78 Å². The van der Waals surface area contributed by atoms with E-state index in [1.807, 2.05) is 0 Å². The number of benzene rings is 1. The van der Waals surface area contributed by atoms with Gasteiger partial charge in [-0.15, -0.1) is 0 Å². The van der Waals surface area contributed by atoms with Crippen molar-refractivity contribution in [2.75, 3.05) is 6.54 Å². The summed E-state index contributed by atoms with van der Waals surface area (Å²) in [6.07, 6.45) is 2.35. The van der Waals surface area contributed by atoms with Crippen LogP contribution in [-0.2, 0) is 6.54 Å². The molecule has 1 fully saturated rings. The number of halogens is 2. The highest BCUT2D eigenvalue weighted by molar-refractivity contribution is 5.18. The lowest BCUT2D eigenvalue weighted by Gasteiger charge is -2.40. The monoisotopic (exact) mass is 211 g/mol. The molecule has 1 nitrogen and oxygen atoms in total. The SMILES string of the molecule is CCC1CCN1Cc1ccc(F)c(F)c1. The molecule has 0 spiro atoms. The summed E-state index contributed by atoms with van der Waals surface area (Å²) in [4.78, 5) is 2.30. The zero-order chi connectivity index (χ0) is 10.8. The van der Waals surface area contributed by atoms with Crippen LogP contribution in [0.1, 0.15) is 25.3 Å². The summed E-state index contributed by atoms with van der Waals surface area (Å²) in [6.45, 7) is 3.95. The Morgan fingerprint density at radius 1 is 1.33 bits per heavy atom. The fourth-order valence-electron chi connectivity index (χ4n) is 2.04. The summed E-state index contributed by atoms with van der Waals surface area (Å²) in [6, 6.07) is 4.77. The minimum Gasteiger partial charge on any atom is -0.296 e. The molecule has 1 aliphatic heterocycles. The summed E-state index contributed by atoms with van der Waals surface area (Å²) in [5.74, 6) is -1.52. The third-order valence-electron chi connectivity index (χ3n) is 3.11. The van der Waals surface area contributed by atoms with E-state index in [1.165, 1.54) is 18.6 Å². The highest BCUT2D eigenvalue weighted by Crippen LogP contribution is 2.23. The molecule has 15 heavy (non-hydrogen) atoms. The second kappa shape index (κ2) is 4.27. The van der Waals surface area contributed by atoms with E-state index in [1.54, 1.807) is 6.07 Å². The molecule has 1 saturated heterocycles. The zero-order valence-corrected chi connectivity index (χ0v) is 8.84. The minimum atomic E-state index is -0.769. The number of hydrogen-bond donors (Lipinski definition) is 0. The molecule has 0 aromatic heterocycles. The average Bonchev–Trinajstić information content (AvgIpc) is 2.19. The van der Waals surface area contributed by atoms with Crippen LogP contribution in [0.25, 0.3) is 0 Å². The Hall–Kier alpha value is -0.960. The first-order valence-corrected chi connectivity index (χ1v) is 5.38. The van der Waals surface area contributed by atoms with Gasteiger partial charge in [0.15, 0.2) is 11.6 Å². The highest BCUT2D eigenvalue weighted by Gasteiger charge is 2.25. The van der Waals surface area contributed by atoms with Gasteiger partial charge < -0.3 is 0 Å². The van der Waals surface area contributed by atoms with Crippen LogP contribution in [0.2, 0.25) is 0 Å². The molecule has 0 bridgehead atoms. The van der Waals surface area contributed by atoms with Gasteiger partial charge in [0.1, 0.15) is 0 Å². The van der Waals surface area contributed by atoms with Crippen molar-refractivity contribution in [3.63, 3.8) is 0 Å². The van der Waals surface area contributed by atoms with Gasteiger partial charge in [-0.1, -0.05) is 13.0 Å². The van der Waals surface area contributed by atoms with Gasteiger partial charge >= 0.3 is 0 Å². The first kappa shape index (κ1) is 10.6. The third-order valence-corrected chi connectivity index (χ3v) is 3.11. The summed E-state index contributed by atoms with van der Waals surface area (Å²) in [7, 11) is 0. The Kier molecular flexibility index (Phi) is 3.00. The lowest BCUT2D eigenvalue weighted by molar-refractivity contribution is 0.0790. The second-order valence-corrected chi connectivity index (χ2v) is 4.07. The smallest absolute Gasteiger partial charge is 0.159 e. The standard InChI is InChI=1S/C12H15F2N/c1-2-10-5-6-15(10)8-9-3-4-11(13)12(14)7-9/h3-4,7,10H,2,5-6,8H2,1H3. The molecular weight excluding hydrogens is 196 g/mol. The molecule has 0 N–H and O–H groups in total.